The summed E-state index contributed by atoms with van der Waals surface area (Å²) in [6, 6.07) is 0. The summed E-state index contributed by atoms with van der Waals surface area (Å²) in [6.07, 6.45) is 33.0. The average molecular weight is 678 g/mol. The fourth-order valence-electron chi connectivity index (χ4n) is 7.77. The predicted octanol–water partition coefficient (Wildman–Crippen LogP) is 11.1. The SMILES string of the molecule is CCCCCCCCC(CCCCCCCC)C(=O)C[N+]1(C)CC[N+](C)(CC(=O)N(CCCCCCCC)CCCCCCCC)CC1. The molecule has 0 aromatic carbocycles. The quantitative estimate of drug-likeness (QED) is 0.0512. The van der Waals surface area contributed by atoms with Gasteiger partial charge in [-0.15, -0.1) is 0 Å². The largest absolute Gasteiger partial charge is 0.338 e. The van der Waals surface area contributed by atoms with Gasteiger partial charge in [-0.05, 0) is 25.7 Å². The molecule has 1 heterocycles. The summed E-state index contributed by atoms with van der Waals surface area (Å²) in [5, 5.41) is 0. The molecule has 0 atom stereocenters. The van der Waals surface area contributed by atoms with E-state index in [1.165, 1.54) is 141 Å². The summed E-state index contributed by atoms with van der Waals surface area (Å²) >= 11 is 0. The molecule has 284 valence electrons. The third-order valence-corrected chi connectivity index (χ3v) is 11.6. The Hall–Kier alpha value is -0.940. The van der Waals surface area contributed by atoms with Gasteiger partial charge >= 0.3 is 0 Å². The second-order valence-electron chi connectivity index (χ2n) is 16.6. The van der Waals surface area contributed by atoms with Crippen LogP contribution in [-0.2, 0) is 9.59 Å². The molecule has 0 spiro atoms. The van der Waals surface area contributed by atoms with Crippen molar-refractivity contribution in [3.63, 3.8) is 0 Å². The maximum absolute atomic E-state index is 13.9. The highest BCUT2D eigenvalue weighted by molar-refractivity contribution is 5.82. The van der Waals surface area contributed by atoms with Gasteiger partial charge in [-0.1, -0.05) is 169 Å². The van der Waals surface area contributed by atoms with Crippen LogP contribution in [0.5, 0.6) is 0 Å². The van der Waals surface area contributed by atoms with Crippen LogP contribution in [0.2, 0.25) is 0 Å². The molecule has 0 N–H and O–H groups in total. The molecular formula is C43H87N3O2+2. The molecule has 1 fully saturated rings. The first kappa shape index (κ1) is 45.1. The van der Waals surface area contributed by atoms with Crippen LogP contribution in [-0.4, -0.2) is 92.0 Å². The Morgan fingerprint density at radius 2 is 0.771 bits per heavy atom. The molecule has 1 rings (SSSR count). The van der Waals surface area contributed by atoms with Gasteiger partial charge in [0.05, 0.1) is 14.1 Å². The molecule has 0 unspecified atom stereocenters. The third kappa shape index (κ3) is 22.0. The Balaban J connectivity index is 2.68. The maximum Gasteiger partial charge on any atom is 0.277 e. The highest BCUT2D eigenvalue weighted by atomic mass is 16.2. The van der Waals surface area contributed by atoms with Crippen molar-refractivity contribution >= 4 is 11.7 Å². The molecule has 0 aliphatic carbocycles. The summed E-state index contributed by atoms with van der Waals surface area (Å²) in [7, 11) is 4.62. The molecule has 0 bridgehead atoms. The van der Waals surface area contributed by atoms with Crippen LogP contribution in [0.25, 0.3) is 0 Å². The van der Waals surface area contributed by atoms with E-state index in [4.69, 9.17) is 0 Å². The van der Waals surface area contributed by atoms with Gasteiger partial charge < -0.3 is 13.9 Å². The number of rotatable bonds is 33. The maximum atomic E-state index is 13.9. The number of ketones is 1. The number of likely N-dealkylation sites (N-methyl/N-ethyl adjacent to an activating group) is 2. The van der Waals surface area contributed by atoms with Crippen LogP contribution in [0.15, 0.2) is 0 Å². The highest BCUT2D eigenvalue weighted by Crippen LogP contribution is 2.24. The molecule has 48 heavy (non-hydrogen) atoms. The van der Waals surface area contributed by atoms with Crippen LogP contribution in [0.3, 0.4) is 0 Å². The van der Waals surface area contributed by atoms with Gasteiger partial charge in [0, 0.05) is 19.0 Å². The van der Waals surface area contributed by atoms with E-state index in [9.17, 15) is 9.59 Å². The van der Waals surface area contributed by atoms with Crippen molar-refractivity contribution in [3.05, 3.63) is 0 Å². The average Bonchev–Trinajstić information content (AvgIpc) is 3.07. The Kier molecular flexibility index (Phi) is 27.0. The smallest absolute Gasteiger partial charge is 0.277 e. The van der Waals surface area contributed by atoms with Gasteiger partial charge in [-0.2, -0.15) is 0 Å². The Morgan fingerprint density at radius 3 is 1.15 bits per heavy atom. The summed E-state index contributed by atoms with van der Waals surface area (Å²) < 4.78 is 1.70. The number of piperazine rings is 1. The highest BCUT2D eigenvalue weighted by Gasteiger charge is 2.41. The van der Waals surface area contributed by atoms with Crippen LogP contribution >= 0.6 is 0 Å². The minimum absolute atomic E-state index is 0.249. The number of amides is 1. The van der Waals surface area contributed by atoms with E-state index in [-0.39, 0.29) is 5.92 Å². The van der Waals surface area contributed by atoms with Crippen molar-refractivity contribution in [1.29, 1.82) is 0 Å². The molecule has 0 aromatic rings. The Labute approximate surface area is 301 Å². The summed E-state index contributed by atoms with van der Waals surface area (Å²) in [4.78, 5) is 29.9. The zero-order chi connectivity index (χ0) is 35.4. The van der Waals surface area contributed by atoms with E-state index in [0.717, 1.165) is 73.9 Å². The van der Waals surface area contributed by atoms with Gasteiger partial charge in [-0.25, -0.2) is 0 Å². The number of hydrogen-bond donors (Lipinski definition) is 0. The van der Waals surface area contributed by atoms with E-state index in [1.807, 2.05) is 0 Å². The van der Waals surface area contributed by atoms with E-state index >= 15 is 0 Å². The second kappa shape index (κ2) is 28.7. The van der Waals surface area contributed by atoms with Crippen molar-refractivity contribution in [2.45, 2.75) is 195 Å². The third-order valence-electron chi connectivity index (χ3n) is 11.6. The monoisotopic (exact) mass is 678 g/mol. The fraction of sp³-hybridized carbons (Fsp3) is 0.953. The van der Waals surface area contributed by atoms with Crippen molar-refractivity contribution in [1.82, 2.24) is 4.90 Å². The summed E-state index contributed by atoms with van der Waals surface area (Å²) in [5.74, 6) is 1.14. The van der Waals surface area contributed by atoms with Gasteiger partial charge in [0.1, 0.15) is 32.7 Å². The first-order valence-corrected chi connectivity index (χ1v) is 21.7. The number of nitrogens with zero attached hydrogens (tertiary/aromatic N) is 3. The second-order valence-corrected chi connectivity index (χ2v) is 16.6. The number of unbranched alkanes of at least 4 members (excludes halogenated alkanes) is 20. The van der Waals surface area contributed by atoms with Gasteiger partial charge in [0.25, 0.3) is 5.91 Å². The lowest BCUT2D eigenvalue weighted by molar-refractivity contribution is -1.01. The summed E-state index contributed by atoms with van der Waals surface area (Å²) in [5.41, 5.74) is 0. The molecule has 5 heteroatoms. The van der Waals surface area contributed by atoms with Crippen molar-refractivity contribution in [2.75, 3.05) is 66.5 Å². The zero-order valence-corrected chi connectivity index (χ0v) is 33.8. The van der Waals surface area contributed by atoms with Crippen LogP contribution < -0.4 is 0 Å². The number of quaternary nitrogens is 2. The number of Topliss-reactive ketones (excluding diaryl/α,β-unsaturated/α-hetero) is 1. The molecule has 0 aromatic heterocycles. The van der Waals surface area contributed by atoms with E-state index in [1.54, 1.807) is 0 Å². The van der Waals surface area contributed by atoms with Crippen molar-refractivity contribution in [3.8, 4) is 0 Å². The van der Waals surface area contributed by atoms with Crippen LogP contribution in [0, 0.1) is 5.92 Å². The van der Waals surface area contributed by atoms with Gasteiger partial charge in [-0.3, -0.25) is 9.59 Å². The van der Waals surface area contributed by atoms with Crippen molar-refractivity contribution in [2.24, 2.45) is 5.92 Å². The summed E-state index contributed by atoms with van der Waals surface area (Å²) in [6.45, 7) is 16.3. The van der Waals surface area contributed by atoms with Gasteiger partial charge in [0.2, 0.25) is 0 Å². The molecular weight excluding hydrogens is 590 g/mol. The first-order chi connectivity index (χ1) is 23.2. The lowest BCUT2D eigenvalue weighted by Gasteiger charge is -2.46. The van der Waals surface area contributed by atoms with Gasteiger partial charge in [0.15, 0.2) is 12.3 Å². The predicted molar refractivity (Wildman–Crippen MR) is 209 cm³/mol. The van der Waals surface area contributed by atoms with E-state index in [0.29, 0.717) is 24.8 Å². The first-order valence-electron chi connectivity index (χ1n) is 21.7. The minimum Gasteiger partial charge on any atom is -0.338 e. The lowest BCUT2D eigenvalue weighted by atomic mass is 9.90. The van der Waals surface area contributed by atoms with E-state index < -0.39 is 0 Å². The van der Waals surface area contributed by atoms with Crippen LogP contribution in [0.1, 0.15) is 195 Å². The molecule has 1 aliphatic heterocycles. The van der Waals surface area contributed by atoms with E-state index in [2.05, 4.69) is 46.7 Å². The standard InChI is InChI=1S/C43H87N3O2/c1-7-11-15-19-23-27-31-41(32-28-24-20-16-12-8-2)42(47)39-45(5)35-37-46(6,38-36-45)40-43(48)44(33-29-25-21-17-13-9-3)34-30-26-22-18-14-10-4/h41H,7-40H2,1-6H3/q+2. The molecule has 0 radical (unpaired) electrons. The normalized spacial score (nSPS) is 19.6. The zero-order valence-electron chi connectivity index (χ0n) is 33.8. The molecule has 1 saturated heterocycles. The van der Waals surface area contributed by atoms with Crippen molar-refractivity contribution < 1.29 is 18.6 Å². The number of carbonyl (C=O) groups excluding carboxylic acids is 2. The Bertz CT molecular complexity index is 680. The molecule has 0 saturated carbocycles. The topological polar surface area (TPSA) is 37.4 Å². The lowest BCUT2D eigenvalue weighted by Crippen LogP contribution is -2.66. The minimum atomic E-state index is 0.249. The molecule has 5 nitrogen and oxygen atoms in total. The number of carbonyl (C=O) groups is 2. The molecule has 1 amide bonds. The Morgan fingerprint density at radius 1 is 0.458 bits per heavy atom. The fourth-order valence-corrected chi connectivity index (χ4v) is 7.77. The molecule has 1 aliphatic rings. The van der Waals surface area contributed by atoms with Crippen LogP contribution in [0.4, 0.5) is 0 Å². The number of hydrogen-bond acceptors (Lipinski definition) is 2.